The van der Waals surface area contributed by atoms with Gasteiger partial charge in [0.15, 0.2) is 0 Å². The summed E-state index contributed by atoms with van der Waals surface area (Å²) in [5.74, 6) is -0.0906. The zero-order chi connectivity index (χ0) is 13.2. The first kappa shape index (κ1) is 15.4. The van der Waals surface area contributed by atoms with Gasteiger partial charge in [0.25, 0.3) is 0 Å². The first-order chi connectivity index (χ1) is 8.77. The Morgan fingerprint density at radius 3 is 2.78 bits per heavy atom. The third-order valence-corrected chi connectivity index (χ3v) is 3.73. The number of methoxy groups -OCH3 is 1. The third-order valence-electron chi connectivity index (χ3n) is 3.73. The van der Waals surface area contributed by atoms with E-state index >= 15 is 0 Å². The van der Waals surface area contributed by atoms with Crippen molar-refractivity contribution >= 4 is 5.97 Å². The minimum Gasteiger partial charge on any atom is -0.469 e. The minimum atomic E-state index is -0.0906. The molecular formula is C14H27NO3. The quantitative estimate of drug-likeness (QED) is 0.533. The number of piperidine rings is 1. The summed E-state index contributed by atoms with van der Waals surface area (Å²) in [7, 11) is 1.46. The molecule has 0 saturated carbocycles. The van der Waals surface area contributed by atoms with E-state index in [-0.39, 0.29) is 5.97 Å². The van der Waals surface area contributed by atoms with Crippen LogP contribution < -0.4 is 0 Å². The number of likely N-dealkylation sites (tertiary alicyclic amines) is 1. The Morgan fingerprint density at radius 1 is 1.28 bits per heavy atom. The second kappa shape index (κ2) is 9.34. The summed E-state index contributed by atoms with van der Waals surface area (Å²) < 4.78 is 4.77. The van der Waals surface area contributed by atoms with Gasteiger partial charge in [-0.25, -0.2) is 0 Å². The van der Waals surface area contributed by atoms with E-state index in [0.717, 1.165) is 38.8 Å². The Kier molecular flexibility index (Phi) is 8.01. The van der Waals surface area contributed by atoms with Gasteiger partial charge in [0.05, 0.1) is 13.5 Å². The van der Waals surface area contributed by atoms with Crippen molar-refractivity contribution in [2.24, 2.45) is 0 Å². The van der Waals surface area contributed by atoms with Crippen molar-refractivity contribution in [2.75, 3.05) is 26.8 Å². The van der Waals surface area contributed by atoms with Gasteiger partial charge in [0, 0.05) is 12.6 Å². The Bertz CT molecular complexity index is 233. The van der Waals surface area contributed by atoms with Crippen LogP contribution in [0.15, 0.2) is 0 Å². The van der Waals surface area contributed by atoms with E-state index in [1.54, 1.807) is 0 Å². The van der Waals surface area contributed by atoms with Gasteiger partial charge in [0.2, 0.25) is 0 Å². The zero-order valence-corrected chi connectivity index (χ0v) is 11.6. The molecule has 1 fully saturated rings. The summed E-state index contributed by atoms with van der Waals surface area (Å²) in [5.41, 5.74) is 0. The van der Waals surface area contributed by atoms with Crippen molar-refractivity contribution < 1.29 is 14.6 Å². The summed E-state index contributed by atoms with van der Waals surface area (Å²) in [6.45, 7) is 2.49. The first-order valence-electron chi connectivity index (χ1n) is 7.19. The van der Waals surface area contributed by atoms with Gasteiger partial charge in [-0.3, -0.25) is 9.69 Å². The lowest BCUT2D eigenvalue weighted by Crippen LogP contribution is -2.41. The molecule has 0 aromatic carbocycles. The fourth-order valence-corrected chi connectivity index (χ4v) is 2.64. The van der Waals surface area contributed by atoms with E-state index in [9.17, 15) is 4.79 Å². The lowest BCUT2D eigenvalue weighted by molar-refractivity contribution is -0.142. The Hall–Kier alpha value is -0.610. The van der Waals surface area contributed by atoms with Crippen LogP contribution in [0.1, 0.15) is 51.4 Å². The number of carbonyl (C=O) groups excluding carboxylic acids is 1. The molecule has 0 amide bonds. The van der Waals surface area contributed by atoms with Crippen LogP contribution in [0.25, 0.3) is 0 Å². The molecule has 0 spiro atoms. The molecule has 1 saturated heterocycles. The largest absolute Gasteiger partial charge is 0.469 e. The summed E-state index contributed by atoms with van der Waals surface area (Å²) in [6.07, 6.45) is 8.47. The van der Waals surface area contributed by atoms with Crippen molar-refractivity contribution in [2.45, 2.75) is 57.4 Å². The van der Waals surface area contributed by atoms with Crippen LogP contribution >= 0.6 is 0 Å². The molecule has 0 radical (unpaired) electrons. The van der Waals surface area contributed by atoms with E-state index in [1.807, 2.05) is 0 Å². The average Bonchev–Trinajstić information content (AvgIpc) is 2.40. The molecule has 4 heteroatoms. The Labute approximate surface area is 110 Å². The van der Waals surface area contributed by atoms with Crippen LogP contribution in [-0.2, 0) is 9.53 Å². The standard InChI is InChI=1S/C14H27NO3/c1-18-14(17)12-13-8-4-6-10-15(13)9-5-2-3-7-11-16/h13,16H,2-12H2,1H3. The highest BCUT2D eigenvalue weighted by atomic mass is 16.5. The highest BCUT2D eigenvalue weighted by molar-refractivity contribution is 5.69. The molecular weight excluding hydrogens is 230 g/mol. The second-order valence-corrected chi connectivity index (χ2v) is 5.10. The molecule has 1 aliphatic rings. The Morgan fingerprint density at radius 2 is 2.06 bits per heavy atom. The number of nitrogens with zero attached hydrogens (tertiary/aromatic N) is 1. The molecule has 4 nitrogen and oxygen atoms in total. The summed E-state index contributed by atoms with van der Waals surface area (Å²) >= 11 is 0. The monoisotopic (exact) mass is 257 g/mol. The maximum atomic E-state index is 11.4. The topological polar surface area (TPSA) is 49.8 Å². The number of hydrogen-bond donors (Lipinski definition) is 1. The average molecular weight is 257 g/mol. The maximum absolute atomic E-state index is 11.4. The molecule has 0 aromatic heterocycles. The third kappa shape index (κ3) is 5.83. The van der Waals surface area contributed by atoms with Gasteiger partial charge in [-0.2, -0.15) is 0 Å². The number of ether oxygens (including phenoxy) is 1. The van der Waals surface area contributed by atoms with Gasteiger partial charge in [-0.1, -0.05) is 19.3 Å². The van der Waals surface area contributed by atoms with E-state index < -0.39 is 0 Å². The van der Waals surface area contributed by atoms with Crippen LogP contribution in [0.4, 0.5) is 0 Å². The number of aliphatic hydroxyl groups is 1. The van der Waals surface area contributed by atoms with E-state index in [1.165, 1.54) is 26.4 Å². The molecule has 1 heterocycles. The van der Waals surface area contributed by atoms with Crippen LogP contribution in [-0.4, -0.2) is 48.8 Å². The van der Waals surface area contributed by atoms with Crippen LogP contribution in [0.5, 0.6) is 0 Å². The summed E-state index contributed by atoms with van der Waals surface area (Å²) in [6, 6.07) is 0.379. The Balaban J connectivity index is 2.24. The highest BCUT2D eigenvalue weighted by Gasteiger charge is 2.24. The maximum Gasteiger partial charge on any atom is 0.307 e. The molecule has 1 aliphatic heterocycles. The molecule has 106 valence electrons. The molecule has 1 unspecified atom stereocenters. The highest BCUT2D eigenvalue weighted by Crippen LogP contribution is 2.20. The molecule has 18 heavy (non-hydrogen) atoms. The lowest BCUT2D eigenvalue weighted by atomic mass is 9.99. The van der Waals surface area contributed by atoms with E-state index in [2.05, 4.69) is 4.90 Å². The molecule has 1 atom stereocenters. The summed E-state index contributed by atoms with van der Waals surface area (Å²) in [5, 5.41) is 8.72. The van der Waals surface area contributed by atoms with Crippen molar-refractivity contribution in [3.8, 4) is 0 Å². The molecule has 0 aliphatic carbocycles. The number of unbranched alkanes of at least 4 members (excludes halogenated alkanes) is 3. The minimum absolute atomic E-state index is 0.0906. The predicted octanol–water partition coefficient (Wildman–Crippen LogP) is 1.96. The number of hydrogen-bond acceptors (Lipinski definition) is 4. The van der Waals surface area contributed by atoms with Gasteiger partial charge >= 0.3 is 5.97 Å². The second-order valence-electron chi connectivity index (χ2n) is 5.10. The van der Waals surface area contributed by atoms with E-state index in [4.69, 9.17) is 9.84 Å². The number of esters is 1. The summed E-state index contributed by atoms with van der Waals surface area (Å²) in [4.78, 5) is 13.8. The zero-order valence-electron chi connectivity index (χ0n) is 11.6. The fourth-order valence-electron chi connectivity index (χ4n) is 2.64. The molecule has 0 aromatic rings. The van der Waals surface area contributed by atoms with Gasteiger partial charge in [-0.15, -0.1) is 0 Å². The lowest BCUT2D eigenvalue weighted by Gasteiger charge is -2.35. The van der Waals surface area contributed by atoms with Gasteiger partial charge in [0.1, 0.15) is 0 Å². The smallest absolute Gasteiger partial charge is 0.307 e. The van der Waals surface area contributed by atoms with Crippen molar-refractivity contribution in [1.82, 2.24) is 4.90 Å². The van der Waals surface area contributed by atoms with Crippen molar-refractivity contribution in [3.05, 3.63) is 0 Å². The van der Waals surface area contributed by atoms with Crippen molar-refractivity contribution in [1.29, 1.82) is 0 Å². The predicted molar refractivity (Wildman–Crippen MR) is 71.4 cm³/mol. The van der Waals surface area contributed by atoms with E-state index in [0.29, 0.717) is 19.1 Å². The fraction of sp³-hybridized carbons (Fsp3) is 0.929. The molecule has 1 rings (SSSR count). The van der Waals surface area contributed by atoms with Gasteiger partial charge < -0.3 is 9.84 Å². The number of aliphatic hydroxyl groups excluding tert-OH is 1. The molecule has 1 N–H and O–H groups in total. The van der Waals surface area contributed by atoms with Crippen LogP contribution in [0.3, 0.4) is 0 Å². The first-order valence-corrected chi connectivity index (χ1v) is 7.19. The number of rotatable bonds is 8. The number of carbonyl (C=O) groups is 1. The SMILES string of the molecule is COC(=O)CC1CCCCN1CCCCCCO. The van der Waals surface area contributed by atoms with Crippen LogP contribution in [0, 0.1) is 0 Å². The molecule has 0 bridgehead atoms. The van der Waals surface area contributed by atoms with Crippen LogP contribution in [0.2, 0.25) is 0 Å². The normalized spacial score (nSPS) is 20.9. The van der Waals surface area contributed by atoms with Gasteiger partial charge in [-0.05, 0) is 38.8 Å². The van der Waals surface area contributed by atoms with Crippen molar-refractivity contribution in [3.63, 3.8) is 0 Å².